The van der Waals surface area contributed by atoms with Gasteiger partial charge in [-0.05, 0) is 49.3 Å². The van der Waals surface area contributed by atoms with Crippen molar-refractivity contribution in [1.29, 1.82) is 0 Å². The molecule has 4 atom stereocenters. The minimum Gasteiger partial charge on any atom is -0.328 e. The lowest BCUT2D eigenvalue weighted by Gasteiger charge is -2.37. The third-order valence-corrected chi connectivity index (χ3v) is 6.87. The van der Waals surface area contributed by atoms with Crippen LogP contribution >= 0.6 is 0 Å². The molecule has 1 aromatic rings. The van der Waals surface area contributed by atoms with E-state index < -0.39 is 6.04 Å². The summed E-state index contributed by atoms with van der Waals surface area (Å²) in [7, 11) is 0. The molecule has 7 nitrogen and oxygen atoms in total. The fourth-order valence-corrected chi connectivity index (χ4v) is 5.51. The van der Waals surface area contributed by atoms with Crippen LogP contribution in [0.4, 0.5) is 0 Å². The number of carbonyl (C=O) groups excluding carboxylic acids is 3. The van der Waals surface area contributed by atoms with E-state index in [4.69, 9.17) is 5.73 Å². The van der Waals surface area contributed by atoms with Gasteiger partial charge in [-0.25, -0.2) is 0 Å². The summed E-state index contributed by atoms with van der Waals surface area (Å²) in [5, 5.41) is 2.35. The number of amides is 3. The van der Waals surface area contributed by atoms with E-state index >= 15 is 0 Å². The van der Waals surface area contributed by atoms with E-state index in [1.165, 1.54) is 18.4 Å². The highest BCUT2D eigenvalue weighted by molar-refractivity contribution is 6.05. The smallest absolute Gasteiger partial charge is 0.255 e. The van der Waals surface area contributed by atoms with Crippen molar-refractivity contribution in [3.63, 3.8) is 0 Å². The summed E-state index contributed by atoms with van der Waals surface area (Å²) in [6.07, 6.45) is 5.28. The minimum atomic E-state index is -0.555. The molecule has 3 N–H and O–H groups in total. The number of rotatable bonds is 3. The lowest BCUT2D eigenvalue weighted by Crippen LogP contribution is -2.52. The molecule has 1 aromatic carbocycles. The van der Waals surface area contributed by atoms with Gasteiger partial charge in [0, 0.05) is 43.2 Å². The van der Waals surface area contributed by atoms with Crippen LogP contribution in [-0.4, -0.2) is 51.7 Å². The first-order valence-electron chi connectivity index (χ1n) is 10.3. The van der Waals surface area contributed by atoms with Crippen LogP contribution in [0.2, 0.25) is 0 Å². The summed E-state index contributed by atoms with van der Waals surface area (Å²) in [6, 6.07) is 6.98. The number of benzene rings is 1. The second-order valence-electron chi connectivity index (χ2n) is 8.68. The molecule has 0 spiro atoms. The predicted molar refractivity (Wildman–Crippen MR) is 102 cm³/mol. The first-order valence-corrected chi connectivity index (χ1v) is 10.3. The molecule has 0 saturated carbocycles. The summed E-state index contributed by atoms with van der Waals surface area (Å²) < 4.78 is 0. The third kappa shape index (κ3) is 2.93. The van der Waals surface area contributed by atoms with E-state index in [0.717, 1.165) is 24.9 Å². The Hall–Kier alpha value is -2.25. The largest absolute Gasteiger partial charge is 0.328 e. The van der Waals surface area contributed by atoms with Gasteiger partial charge in [-0.2, -0.15) is 0 Å². The average Bonchev–Trinajstić information content (AvgIpc) is 3.09. The highest BCUT2D eigenvalue weighted by atomic mass is 16.2. The number of piperidine rings is 2. The van der Waals surface area contributed by atoms with Crippen molar-refractivity contribution in [2.24, 2.45) is 5.73 Å². The monoisotopic (exact) mass is 382 g/mol. The van der Waals surface area contributed by atoms with Gasteiger partial charge in [0.05, 0.1) is 0 Å². The Morgan fingerprint density at radius 2 is 1.82 bits per heavy atom. The van der Waals surface area contributed by atoms with Crippen molar-refractivity contribution in [2.75, 3.05) is 0 Å². The van der Waals surface area contributed by atoms with Gasteiger partial charge in [0.15, 0.2) is 0 Å². The molecule has 7 heteroatoms. The van der Waals surface area contributed by atoms with Crippen LogP contribution in [0.15, 0.2) is 18.2 Å². The molecular weight excluding hydrogens is 356 g/mol. The van der Waals surface area contributed by atoms with Crippen molar-refractivity contribution in [3.05, 3.63) is 34.9 Å². The SMILES string of the molecule is NC1C[C@H]2CC[C@@H](C1)N2Cc1ccc2c(c1)CN(C1CCC(=O)NC1=O)C2=O. The maximum Gasteiger partial charge on any atom is 0.255 e. The Morgan fingerprint density at radius 3 is 2.54 bits per heavy atom. The second kappa shape index (κ2) is 6.67. The molecular formula is C21H26N4O3. The van der Waals surface area contributed by atoms with Crippen molar-refractivity contribution >= 4 is 17.7 Å². The molecule has 0 aromatic heterocycles. The number of hydrogen-bond donors (Lipinski definition) is 2. The number of imide groups is 1. The van der Waals surface area contributed by atoms with Crippen LogP contribution in [-0.2, 0) is 22.7 Å². The summed E-state index contributed by atoms with van der Waals surface area (Å²) in [5.41, 5.74) is 9.05. The molecule has 3 saturated heterocycles. The number of nitrogens with zero attached hydrogens (tertiary/aromatic N) is 2. The quantitative estimate of drug-likeness (QED) is 0.758. The van der Waals surface area contributed by atoms with Crippen molar-refractivity contribution in [3.8, 4) is 0 Å². The number of hydrogen-bond acceptors (Lipinski definition) is 5. The standard InChI is InChI=1S/C21H26N4O3/c22-14-8-15-2-3-16(9-14)24(15)10-12-1-4-17-13(7-12)11-25(21(17)28)18-5-6-19(26)23-20(18)27/h1,4,7,14-16,18H,2-3,5-6,8-11,22H2,(H,23,26,27)/t14?,15-,16+,18?. The van der Waals surface area contributed by atoms with E-state index in [9.17, 15) is 14.4 Å². The molecule has 148 valence electrons. The van der Waals surface area contributed by atoms with Gasteiger partial charge >= 0.3 is 0 Å². The summed E-state index contributed by atoms with van der Waals surface area (Å²) >= 11 is 0. The lowest BCUT2D eigenvalue weighted by atomic mass is 9.97. The molecule has 2 unspecified atom stereocenters. The van der Waals surface area contributed by atoms with Crippen LogP contribution in [0.3, 0.4) is 0 Å². The van der Waals surface area contributed by atoms with Gasteiger partial charge < -0.3 is 10.6 Å². The Balaban J connectivity index is 1.32. The zero-order valence-electron chi connectivity index (χ0n) is 15.9. The number of nitrogens with two attached hydrogens (primary N) is 1. The van der Waals surface area contributed by atoms with E-state index in [0.29, 0.717) is 36.7 Å². The van der Waals surface area contributed by atoms with Gasteiger partial charge in [-0.1, -0.05) is 12.1 Å². The van der Waals surface area contributed by atoms with Gasteiger partial charge in [-0.15, -0.1) is 0 Å². The van der Waals surface area contributed by atoms with Gasteiger partial charge in [0.2, 0.25) is 11.8 Å². The molecule has 2 bridgehead atoms. The van der Waals surface area contributed by atoms with Gasteiger partial charge in [-0.3, -0.25) is 24.6 Å². The maximum atomic E-state index is 12.8. The molecule has 5 rings (SSSR count). The molecule has 3 amide bonds. The Kier molecular flexibility index (Phi) is 4.25. The first kappa shape index (κ1) is 17.8. The zero-order chi connectivity index (χ0) is 19.4. The molecule has 4 aliphatic rings. The normalized spacial score (nSPS) is 32.6. The van der Waals surface area contributed by atoms with Gasteiger partial charge in [0.1, 0.15) is 6.04 Å². The van der Waals surface area contributed by atoms with Crippen molar-refractivity contribution < 1.29 is 14.4 Å². The van der Waals surface area contributed by atoms with Crippen LogP contribution in [0, 0.1) is 0 Å². The molecule has 0 radical (unpaired) electrons. The van der Waals surface area contributed by atoms with E-state index in [-0.39, 0.29) is 24.1 Å². The number of carbonyl (C=O) groups is 3. The van der Waals surface area contributed by atoms with Crippen LogP contribution in [0.25, 0.3) is 0 Å². The fourth-order valence-electron chi connectivity index (χ4n) is 5.51. The fraction of sp³-hybridized carbons (Fsp3) is 0.571. The topological polar surface area (TPSA) is 95.7 Å². The van der Waals surface area contributed by atoms with Gasteiger partial charge in [0.25, 0.3) is 5.91 Å². The minimum absolute atomic E-state index is 0.111. The van der Waals surface area contributed by atoms with Crippen LogP contribution < -0.4 is 11.1 Å². The first-order chi connectivity index (χ1) is 13.5. The number of nitrogens with one attached hydrogen (secondary N) is 1. The molecule has 28 heavy (non-hydrogen) atoms. The van der Waals surface area contributed by atoms with E-state index in [1.54, 1.807) is 4.90 Å². The highest BCUT2D eigenvalue weighted by Crippen LogP contribution is 2.37. The Bertz CT molecular complexity index is 840. The number of fused-ring (bicyclic) bond motifs is 3. The molecule has 3 fully saturated rings. The highest BCUT2D eigenvalue weighted by Gasteiger charge is 2.41. The van der Waals surface area contributed by atoms with Crippen molar-refractivity contribution in [2.45, 2.75) is 75.8 Å². The average molecular weight is 382 g/mol. The third-order valence-electron chi connectivity index (χ3n) is 6.87. The Labute approximate surface area is 164 Å². The lowest BCUT2D eigenvalue weighted by molar-refractivity contribution is -0.136. The molecule has 0 aliphatic carbocycles. The Morgan fingerprint density at radius 1 is 1.07 bits per heavy atom. The van der Waals surface area contributed by atoms with Crippen molar-refractivity contribution in [1.82, 2.24) is 15.1 Å². The summed E-state index contributed by atoms with van der Waals surface area (Å²) in [5.74, 6) is -0.734. The van der Waals surface area contributed by atoms with Crippen LogP contribution in [0.5, 0.6) is 0 Å². The second-order valence-corrected chi connectivity index (χ2v) is 8.68. The zero-order valence-corrected chi connectivity index (χ0v) is 15.9. The van der Waals surface area contributed by atoms with E-state index in [2.05, 4.69) is 16.3 Å². The summed E-state index contributed by atoms with van der Waals surface area (Å²) in [6.45, 7) is 1.33. The molecule has 4 heterocycles. The summed E-state index contributed by atoms with van der Waals surface area (Å²) in [4.78, 5) is 40.6. The predicted octanol–water partition coefficient (Wildman–Crippen LogP) is 0.902. The van der Waals surface area contributed by atoms with E-state index in [1.807, 2.05) is 12.1 Å². The van der Waals surface area contributed by atoms with Crippen LogP contribution in [0.1, 0.15) is 60.0 Å². The molecule has 4 aliphatic heterocycles. The maximum absolute atomic E-state index is 12.8.